The van der Waals surface area contributed by atoms with Gasteiger partial charge in [-0.05, 0) is 36.6 Å². The number of ether oxygens (including phenoxy) is 1. The first kappa shape index (κ1) is 15.3. The van der Waals surface area contributed by atoms with Gasteiger partial charge in [-0.3, -0.25) is 0 Å². The molecule has 1 aromatic carbocycles. The van der Waals surface area contributed by atoms with E-state index >= 15 is 0 Å². The fourth-order valence-corrected chi connectivity index (χ4v) is 1.77. The summed E-state index contributed by atoms with van der Waals surface area (Å²) < 4.78 is 5.17. The SMILES string of the molecule is CCCC[C@H](N)c1ccc(OC)cc1C.Cl. The third kappa shape index (κ3) is 4.03. The number of aryl methyl sites for hydroxylation is 1. The largest absolute Gasteiger partial charge is 0.497 e. The molecule has 0 radical (unpaired) electrons. The van der Waals surface area contributed by atoms with Crippen LogP contribution in [0.2, 0.25) is 0 Å². The van der Waals surface area contributed by atoms with Crippen molar-refractivity contribution in [3.05, 3.63) is 29.3 Å². The summed E-state index contributed by atoms with van der Waals surface area (Å²) >= 11 is 0. The molecule has 0 bridgehead atoms. The van der Waals surface area contributed by atoms with E-state index < -0.39 is 0 Å². The molecular weight excluding hydrogens is 222 g/mol. The van der Waals surface area contributed by atoms with E-state index in [4.69, 9.17) is 10.5 Å². The van der Waals surface area contributed by atoms with Crippen molar-refractivity contribution < 1.29 is 4.74 Å². The molecule has 0 saturated carbocycles. The molecule has 0 aliphatic carbocycles. The smallest absolute Gasteiger partial charge is 0.119 e. The van der Waals surface area contributed by atoms with Gasteiger partial charge >= 0.3 is 0 Å². The fourth-order valence-electron chi connectivity index (χ4n) is 1.77. The predicted octanol–water partition coefficient (Wildman–Crippen LogP) is 3.62. The topological polar surface area (TPSA) is 35.2 Å². The first-order valence-corrected chi connectivity index (χ1v) is 5.59. The number of hydrogen-bond acceptors (Lipinski definition) is 2. The maximum absolute atomic E-state index is 6.13. The first-order valence-electron chi connectivity index (χ1n) is 5.59. The summed E-state index contributed by atoms with van der Waals surface area (Å²) in [7, 11) is 1.69. The van der Waals surface area contributed by atoms with E-state index in [1.165, 1.54) is 24.0 Å². The Bertz CT molecular complexity index is 315. The predicted molar refractivity (Wildman–Crippen MR) is 71.4 cm³/mol. The number of benzene rings is 1. The van der Waals surface area contributed by atoms with Crippen LogP contribution < -0.4 is 10.5 Å². The molecule has 0 amide bonds. The minimum absolute atomic E-state index is 0. The lowest BCUT2D eigenvalue weighted by Gasteiger charge is -2.15. The highest BCUT2D eigenvalue weighted by atomic mass is 35.5. The monoisotopic (exact) mass is 243 g/mol. The van der Waals surface area contributed by atoms with E-state index in [0.717, 1.165) is 12.2 Å². The summed E-state index contributed by atoms with van der Waals surface area (Å²) in [6.45, 7) is 4.28. The number of hydrogen-bond donors (Lipinski definition) is 1. The van der Waals surface area contributed by atoms with E-state index in [0.29, 0.717) is 0 Å². The van der Waals surface area contributed by atoms with Crippen molar-refractivity contribution in [1.29, 1.82) is 0 Å². The van der Waals surface area contributed by atoms with Crippen molar-refractivity contribution in [3.63, 3.8) is 0 Å². The van der Waals surface area contributed by atoms with Gasteiger partial charge in [-0.15, -0.1) is 12.4 Å². The van der Waals surface area contributed by atoms with Crippen LogP contribution in [0.4, 0.5) is 0 Å². The van der Waals surface area contributed by atoms with Crippen molar-refractivity contribution in [1.82, 2.24) is 0 Å². The second-order valence-electron chi connectivity index (χ2n) is 3.97. The summed E-state index contributed by atoms with van der Waals surface area (Å²) in [5, 5.41) is 0. The lowest BCUT2D eigenvalue weighted by Crippen LogP contribution is -2.11. The number of rotatable bonds is 5. The molecule has 3 heteroatoms. The molecule has 16 heavy (non-hydrogen) atoms. The highest BCUT2D eigenvalue weighted by molar-refractivity contribution is 5.85. The van der Waals surface area contributed by atoms with Crippen LogP contribution >= 0.6 is 12.4 Å². The summed E-state index contributed by atoms with van der Waals surface area (Å²) in [6.07, 6.45) is 3.44. The van der Waals surface area contributed by atoms with Crippen LogP contribution in [-0.2, 0) is 0 Å². The quantitative estimate of drug-likeness (QED) is 0.858. The zero-order chi connectivity index (χ0) is 11.3. The van der Waals surface area contributed by atoms with Gasteiger partial charge in [0, 0.05) is 6.04 Å². The fraction of sp³-hybridized carbons (Fsp3) is 0.538. The van der Waals surface area contributed by atoms with Crippen LogP contribution in [0.3, 0.4) is 0 Å². The second kappa shape index (κ2) is 7.53. The average Bonchev–Trinajstić information content (AvgIpc) is 2.25. The van der Waals surface area contributed by atoms with Crippen LogP contribution in [0.25, 0.3) is 0 Å². The molecule has 1 rings (SSSR count). The molecule has 0 aliphatic rings. The summed E-state index contributed by atoms with van der Waals surface area (Å²) in [5.41, 5.74) is 8.59. The third-order valence-corrected chi connectivity index (χ3v) is 2.75. The Kier molecular flexibility index (Phi) is 7.18. The van der Waals surface area contributed by atoms with Gasteiger partial charge in [0.15, 0.2) is 0 Å². The molecule has 1 atom stereocenters. The van der Waals surface area contributed by atoms with Crippen LogP contribution in [0, 0.1) is 6.92 Å². The van der Waals surface area contributed by atoms with E-state index in [1.807, 2.05) is 12.1 Å². The number of unbranched alkanes of at least 4 members (excludes halogenated alkanes) is 1. The second-order valence-corrected chi connectivity index (χ2v) is 3.97. The lowest BCUT2D eigenvalue weighted by atomic mass is 9.97. The maximum atomic E-state index is 6.13. The molecule has 1 aromatic rings. The van der Waals surface area contributed by atoms with Crippen molar-refractivity contribution >= 4 is 12.4 Å². The molecule has 0 heterocycles. The van der Waals surface area contributed by atoms with Gasteiger partial charge in [0.05, 0.1) is 7.11 Å². The Labute approximate surface area is 105 Å². The van der Waals surface area contributed by atoms with Gasteiger partial charge in [0.25, 0.3) is 0 Å². The first-order chi connectivity index (χ1) is 7.19. The molecule has 0 spiro atoms. The number of nitrogens with two attached hydrogens (primary N) is 1. The maximum Gasteiger partial charge on any atom is 0.119 e. The van der Waals surface area contributed by atoms with Crippen LogP contribution in [0.15, 0.2) is 18.2 Å². The lowest BCUT2D eigenvalue weighted by molar-refractivity contribution is 0.414. The molecule has 0 unspecified atom stereocenters. The van der Waals surface area contributed by atoms with Crippen molar-refractivity contribution in [2.45, 2.75) is 39.2 Å². The van der Waals surface area contributed by atoms with E-state index in [-0.39, 0.29) is 18.4 Å². The summed E-state index contributed by atoms with van der Waals surface area (Å²) in [4.78, 5) is 0. The average molecular weight is 244 g/mol. The third-order valence-electron chi connectivity index (χ3n) is 2.75. The van der Waals surface area contributed by atoms with Crippen molar-refractivity contribution in [3.8, 4) is 5.75 Å². The zero-order valence-electron chi connectivity index (χ0n) is 10.3. The van der Waals surface area contributed by atoms with Gasteiger partial charge < -0.3 is 10.5 Å². The Balaban J connectivity index is 0.00000225. The standard InChI is InChI=1S/C13H21NO.ClH/c1-4-5-6-13(14)12-8-7-11(15-3)9-10(12)2;/h7-9,13H,4-6,14H2,1-3H3;1H/t13-;/m0./s1. The summed E-state index contributed by atoms with van der Waals surface area (Å²) in [5.74, 6) is 0.902. The molecule has 92 valence electrons. The van der Waals surface area contributed by atoms with Gasteiger partial charge in [-0.25, -0.2) is 0 Å². The Hall–Kier alpha value is -0.730. The van der Waals surface area contributed by atoms with Gasteiger partial charge in [-0.1, -0.05) is 25.8 Å². The molecular formula is C13H22ClNO. The van der Waals surface area contributed by atoms with E-state index in [1.54, 1.807) is 7.11 Å². The Morgan fingerprint density at radius 1 is 1.38 bits per heavy atom. The van der Waals surface area contributed by atoms with Crippen LogP contribution in [-0.4, -0.2) is 7.11 Å². The van der Waals surface area contributed by atoms with Crippen LogP contribution in [0.5, 0.6) is 5.75 Å². The highest BCUT2D eigenvalue weighted by Gasteiger charge is 2.08. The molecule has 0 aromatic heterocycles. The Morgan fingerprint density at radius 2 is 2.06 bits per heavy atom. The van der Waals surface area contributed by atoms with Crippen molar-refractivity contribution in [2.24, 2.45) is 5.73 Å². The Morgan fingerprint density at radius 3 is 2.56 bits per heavy atom. The molecule has 0 aliphatic heterocycles. The van der Waals surface area contributed by atoms with Crippen molar-refractivity contribution in [2.75, 3.05) is 7.11 Å². The van der Waals surface area contributed by atoms with Crippen LogP contribution in [0.1, 0.15) is 43.4 Å². The molecule has 2 N–H and O–H groups in total. The van der Waals surface area contributed by atoms with Gasteiger partial charge in [0.2, 0.25) is 0 Å². The number of halogens is 1. The van der Waals surface area contributed by atoms with E-state index in [2.05, 4.69) is 19.9 Å². The van der Waals surface area contributed by atoms with E-state index in [9.17, 15) is 0 Å². The minimum atomic E-state index is 0. The molecule has 0 saturated heterocycles. The zero-order valence-corrected chi connectivity index (χ0v) is 11.1. The number of methoxy groups -OCH3 is 1. The summed E-state index contributed by atoms with van der Waals surface area (Å²) in [6, 6.07) is 6.26. The minimum Gasteiger partial charge on any atom is -0.497 e. The molecule has 0 fully saturated rings. The van der Waals surface area contributed by atoms with Gasteiger partial charge in [-0.2, -0.15) is 0 Å². The van der Waals surface area contributed by atoms with Gasteiger partial charge in [0.1, 0.15) is 5.75 Å². The normalized spacial score (nSPS) is 11.8. The molecule has 2 nitrogen and oxygen atoms in total. The highest BCUT2D eigenvalue weighted by Crippen LogP contribution is 2.24.